The van der Waals surface area contributed by atoms with Crippen molar-refractivity contribution in [3.63, 3.8) is 0 Å². The number of para-hydroxylation sites is 1. The zero-order valence-electron chi connectivity index (χ0n) is 13.9. The first-order chi connectivity index (χ1) is 10.4. The largest absolute Gasteiger partial charge is 0.340 e. The fraction of sp³-hybridized carbons (Fsp3) is 0.294. The lowest BCUT2D eigenvalue weighted by Gasteiger charge is -2.25. The second-order valence-corrected chi connectivity index (χ2v) is 6.26. The van der Waals surface area contributed by atoms with Crippen molar-refractivity contribution in [1.82, 2.24) is 4.98 Å². The van der Waals surface area contributed by atoms with Gasteiger partial charge in [0.2, 0.25) is 5.91 Å². The van der Waals surface area contributed by atoms with Gasteiger partial charge in [0, 0.05) is 5.69 Å². The molecule has 0 fully saturated rings. The zero-order valence-corrected chi connectivity index (χ0v) is 15.6. The average molecular weight is 371 g/mol. The fourth-order valence-electron chi connectivity index (χ4n) is 1.82. The minimum Gasteiger partial charge on any atom is -0.340 e. The van der Waals surface area contributed by atoms with E-state index in [1.807, 2.05) is 57.2 Å². The van der Waals surface area contributed by atoms with Gasteiger partial charge in [-0.15, -0.1) is 24.8 Å². The number of hydrogen-bond acceptors (Lipinski definition) is 4. The van der Waals surface area contributed by atoms with E-state index in [0.717, 1.165) is 5.69 Å². The summed E-state index contributed by atoms with van der Waals surface area (Å²) in [5.41, 5.74) is 7.23. The Bertz CT molecular complexity index is 627. The van der Waals surface area contributed by atoms with Gasteiger partial charge in [0.1, 0.15) is 5.82 Å². The summed E-state index contributed by atoms with van der Waals surface area (Å²) < 4.78 is 0. The normalized spacial score (nSPS) is 11.5. The van der Waals surface area contributed by atoms with Gasteiger partial charge in [-0.3, -0.25) is 4.79 Å². The van der Waals surface area contributed by atoms with E-state index in [0.29, 0.717) is 11.5 Å². The Labute approximate surface area is 155 Å². The molecular formula is C17H24Cl2N4O. The van der Waals surface area contributed by atoms with Crippen molar-refractivity contribution in [3.8, 4) is 0 Å². The number of hydrogen-bond donors (Lipinski definition) is 3. The highest BCUT2D eigenvalue weighted by Gasteiger charge is 2.27. The molecule has 0 bridgehead atoms. The number of nitrogens with zero attached hydrogens (tertiary/aromatic N) is 1. The SMILES string of the molecule is CC(C)(C)[C@H](N)C(=O)Nc1ccc(Nc2ccccc2)nc1.Cl.Cl. The summed E-state index contributed by atoms with van der Waals surface area (Å²) >= 11 is 0. The number of nitrogens with two attached hydrogens (primary N) is 1. The van der Waals surface area contributed by atoms with Crippen molar-refractivity contribution >= 4 is 47.9 Å². The van der Waals surface area contributed by atoms with Gasteiger partial charge in [0.15, 0.2) is 0 Å². The molecule has 0 saturated carbocycles. The van der Waals surface area contributed by atoms with Gasteiger partial charge in [-0.2, -0.15) is 0 Å². The summed E-state index contributed by atoms with van der Waals surface area (Å²) in [6.07, 6.45) is 1.61. The molecule has 0 radical (unpaired) electrons. The van der Waals surface area contributed by atoms with E-state index in [-0.39, 0.29) is 36.1 Å². The van der Waals surface area contributed by atoms with Crippen molar-refractivity contribution in [1.29, 1.82) is 0 Å². The smallest absolute Gasteiger partial charge is 0.241 e. The Hall–Kier alpha value is -1.82. The van der Waals surface area contributed by atoms with E-state index in [2.05, 4.69) is 15.6 Å². The first-order valence-electron chi connectivity index (χ1n) is 7.21. The summed E-state index contributed by atoms with van der Waals surface area (Å²) in [7, 11) is 0. The van der Waals surface area contributed by atoms with Crippen LogP contribution in [0, 0.1) is 5.41 Å². The molecular weight excluding hydrogens is 347 g/mol. The molecule has 0 spiro atoms. The van der Waals surface area contributed by atoms with Crippen LogP contribution >= 0.6 is 24.8 Å². The molecule has 2 rings (SSSR count). The van der Waals surface area contributed by atoms with Gasteiger partial charge in [0.05, 0.1) is 17.9 Å². The molecule has 4 N–H and O–H groups in total. The Balaban J connectivity index is 0.00000264. The van der Waals surface area contributed by atoms with Crippen LogP contribution < -0.4 is 16.4 Å². The Morgan fingerprint density at radius 1 is 1.04 bits per heavy atom. The van der Waals surface area contributed by atoms with Crippen LogP contribution in [0.1, 0.15) is 20.8 Å². The van der Waals surface area contributed by atoms with Crippen molar-refractivity contribution < 1.29 is 4.79 Å². The number of halogens is 2. The monoisotopic (exact) mass is 370 g/mol. The zero-order chi connectivity index (χ0) is 16.2. The quantitative estimate of drug-likeness (QED) is 0.760. The third-order valence-electron chi connectivity index (χ3n) is 3.29. The molecule has 132 valence electrons. The van der Waals surface area contributed by atoms with E-state index in [4.69, 9.17) is 5.73 Å². The van der Waals surface area contributed by atoms with Crippen molar-refractivity contribution in [2.45, 2.75) is 26.8 Å². The molecule has 1 atom stereocenters. The molecule has 1 amide bonds. The van der Waals surface area contributed by atoms with Crippen molar-refractivity contribution in [3.05, 3.63) is 48.7 Å². The molecule has 5 nitrogen and oxygen atoms in total. The second kappa shape index (κ2) is 9.47. The lowest BCUT2D eigenvalue weighted by molar-refractivity contribution is -0.119. The highest BCUT2D eigenvalue weighted by molar-refractivity contribution is 5.95. The van der Waals surface area contributed by atoms with E-state index in [1.54, 1.807) is 12.3 Å². The van der Waals surface area contributed by atoms with Crippen molar-refractivity contribution in [2.75, 3.05) is 10.6 Å². The first kappa shape index (κ1) is 22.2. The summed E-state index contributed by atoms with van der Waals surface area (Å²) in [6, 6.07) is 12.8. The van der Waals surface area contributed by atoms with Gasteiger partial charge in [-0.05, 0) is 29.7 Å². The van der Waals surface area contributed by atoms with Crippen LogP contribution in [-0.2, 0) is 4.79 Å². The molecule has 0 aliphatic carbocycles. The Kier molecular flexibility index (Phi) is 8.75. The third-order valence-corrected chi connectivity index (χ3v) is 3.29. The molecule has 7 heteroatoms. The number of anilines is 3. The van der Waals surface area contributed by atoms with E-state index >= 15 is 0 Å². The minimum atomic E-state index is -0.574. The number of pyridine rings is 1. The van der Waals surface area contributed by atoms with Crippen LogP contribution in [0.2, 0.25) is 0 Å². The van der Waals surface area contributed by atoms with Crippen molar-refractivity contribution in [2.24, 2.45) is 11.1 Å². The molecule has 24 heavy (non-hydrogen) atoms. The topological polar surface area (TPSA) is 80.0 Å². The first-order valence-corrected chi connectivity index (χ1v) is 7.21. The van der Waals surface area contributed by atoms with Gasteiger partial charge in [-0.25, -0.2) is 4.98 Å². The number of amides is 1. The molecule has 1 aromatic heterocycles. The van der Waals surface area contributed by atoms with E-state index < -0.39 is 6.04 Å². The summed E-state index contributed by atoms with van der Waals surface area (Å²) in [4.78, 5) is 16.3. The Morgan fingerprint density at radius 3 is 2.17 bits per heavy atom. The van der Waals surface area contributed by atoms with Gasteiger partial charge in [-0.1, -0.05) is 39.0 Å². The lowest BCUT2D eigenvalue weighted by atomic mass is 9.87. The van der Waals surface area contributed by atoms with E-state index in [9.17, 15) is 4.79 Å². The van der Waals surface area contributed by atoms with Crippen LogP contribution in [0.4, 0.5) is 17.2 Å². The number of benzene rings is 1. The van der Waals surface area contributed by atoms with E-state index in [1.165, 1.54) is 0 Å². The number of rotatable bonds is 4. The van der Waals surface area contributed by atoms with Gasteiger partial charge < -0.3 is 16.4 Å². The number of nitrogens with one attached hydrogen (secondary N) is 2. The minimum absolute atomic E-state index is 0. The highest BCUT2D eigenvalue weighted by Crippen LogP contribution is 2.20. The molecule has 1 aromatic carbocycles. The molecule has 2 aromatic rings. The van der Waals surface area contributed by atoms with Crippen LogP contribution in [0.25, 0.3) is 0 Å². The lowest BCUT2D eigenvalue weighted by Crippen LogP contribution is -2.45. The fourth-order valence-corrected chi connectivity index (χ4v) is 1.82. The van der Waals surface area contributed by atoms with Crippen LogP contribution in [0.5, 0.6) is 0 Å². The summed E-state index contributed by atoms with van der Waals surface area (Å²) in [5, 5.41) is 5.97. The molecule has 0 saturated heterocycles. The summed E-state index contributed by atoms with van der Waals surface area (Å²) in [5.74, 6) is 0.502. The second-order valence-electron chi connectivity index (χ2n) is 6.26. The van der Waals surface area contributed by atoms with Gasteiger partial charge >= 0.3 is 0 Å². The van der Waals surface area contributed by atoms with Gasteiger partial charge in [0.25, 0.3) is 0 Å². The van der Waals surface area contributed by atoms with Crippen LogP contribution in [0.15, 0.2) is 48.7 Å². The van der Waals surface area contributed by atoms with Crippen LogP contribution in [-0.4, -0.2) is 16.9 Å². The predicted molar refractivity (Wildman–Crippen MR) is 105 cm³/mol. The predicted octanol–water partition coefficient (Wildman–Crippen LogP) is 3.98. The Morgan fingerprint density at radius 2 is 1.67 bits per heavy atom. The molecule has 0 aliphatic rings. The van der Waals surface area contributed by atoms with Crippen LogP contribution in [0.3, 0.4) is 0 Å². The number of carbonyl (C=O) groups is 1. The maximum Gasteiger partial charge on any atom is 0.241 e. The maximum absolute atomic E-state index is 12.1. The maximum atomic E-state index is 12.1. The molecule has 0 unspecified atom stereocenters. The standard InChI is InChI=1S/C17H22N4O.2ClH/c1-17(2,3)15(18)16(22)21-13-9-10-14(19-11-13)20-12-7-5-4-6-8-12;;/h4-11,15H,18H2,1-3H3,(H,19,20)(H,21,22);2*1H/t15-;;/m1../s1. The number of carbonyl (C=O) groups excluding carboxylic acids is 1. The molecule has 1 heterocycles. The third kappa shape index (κ3) is 6.35. The summed E-state index contributed by atoms with van der Waals surface area (Å²) in [6.45, 7) is 5.80. The highest BCUT2D eigenvalue weighted by atomic mass is 35.5. The average Bonchev–Trinajstić information content (AvgIpc) is 2.48. The molecule has 0 aliphatic heterocycles. The number of aromatic nitrogens is 1.